The van der Waals surface area contributed by atoms with E-state index in [0.717, 1.165) is 12.1 Å². The van der Waals surface area contributed by atoms with E-state index in [4.69, 9.17) is 21.4 Å². The van der Waals surface area contributed by atoms with Gasteiger partial charge < -0.3 is 9.84 Å². The molecular weight excluding hydrogens is 325 g/mol. The Morgan fingerprint density at radius 1 is 1.48 bits per heavy atom. The predicted octanol–water partition coefficient (Wildman–Crippen LogP) is 1.40. The minimum Gasteiger partial charge on any atom is -0.478 e. The Morgan fingerprint density at radius 3 is 2.67 bits per heavy atom. The van der Waals surface area contributed by atoms with Crippen LogP contribution in [-0.4, -0.2) is 56.3 Å². The van der Waals surface area contributed by atoms with Crippen molar-refractivity contribution in [2.45, 2.75) is 11.0 Å². The zero-order chi connectivity index (χ0) is 15.6. The molecule has 0 aromatic heterocycles. The number of hydrogen-bond acceptors (Lipinski definition) is 4. The van der Waals surface area contributed by atoms with Gasteiger partial charge in [0.15, 0.2) is 0 Å². The van der Waals surface area contributed by atoms with Crippen molar-refractivity contribution >= 4 is 27.6 Å². The first-order valence-corrected chi connectivity index (χ1v) is 7.88. The quantitative estimate of drug-likeness (QED) is 0.848. The summed E-state index contributed by atoms with van der Waals surface area (Å²) in [6.45, 7) is -0.394. The Bertz CT molecular complexity index is 645. The first-order chi connectivity index (χ1) is 9.86. The van der Waals surface area contributed by atoms with Gasteiger partial charge in [-0.25, -0.2) is 17.6 Å². The van der Waals surface area contributed by atoms with Gasteiger partial charge in [-0.15, -0.1) is 0 Å². The highest BCUT2D eigenvalue weighted by Crippen LogP contribution is 2.26. The first-order valence-electron chi connectivity index (χ1n) is 6.07. The predicted molar refractivity (Wildman–Crippen MR) is 72.9 cm³/mol. The summed E-state index contributed by atoms with van der Waals surface area (Å²) in [5.41, 5.74) is -0.164. The van der Waals surface area contributed by atoms with Crippen molar-refractivity contribution in [3.05, 3.63) is 28.8 Å². The molecule has 1 N–H and O–H groups in total. The van der Waals surface area contributed by atoms with Crippen molar-refractivity contribution in [2.24, 2.45) is 0 Å². The maximum atomic E-state index is 12.3. The summed E-state index contributed by atoms with van der Waals surface area (Å²) in [5.74, 6) is -1.23. The Balaban J connectivity index is 2.11. The van der Waals surface area contributed by atoms with Gasteiger partial charge in [0, 0.05) is 13.1 Å². The van der Waals surface area contributed by atoms with Gasteiger partial charge in [0.25, 0.3) is 0 Å². The van der Waals surface area contributed by atoms with Gasteiger partial charge >= 0.3 is 5.97 Å². The van der Waals surface area contributed by atoms with E-state index in [9.17, 15) is 17.6 Å². The lowest BCUT2D eigenvalue weighted by Gasteiger charge is -2.37. The molecule has 1 aliphatic heterocycles. The zero-order valence-electron chi connectivity index (χ0n) is 10.8. The van der Waals surface area contributed by atoms with E-state index in [-0.39, 0.29) is 41.3 Å². The summed E-state index contributed by atoms with van der Waals surface area (Å²) < 4.78 is 42.7. The Morgan fingerprint density at radius 2 is 2.14 bits per heavy atom. The molecule has 0 spiro atoms. The summed E-state index contributed by atoms with van der Waals surface area (Å²) >= 11 is 5.76. The van der Waals surface area contributed by atoms with Crippen LogP contribution in [0.4, 0.5) is 4.39 Å². The standard InChI is InChI=1S/C12H13ClFNO5S/c13-11-5-9(1-2-10(11)12(16)17)21(18,19)15-6-8(7-15)20-4-3-14/h1-2,5,8H,3-4,6-7H2,(H,16,17). The Hall–Kier alpha value is -1.22. The van der Waals surface area contributed by atoms with Crippen molar-refractivity contribution in [1.29, 1.82) is 0 Å². The van der Waals surface area contributed by atoms with Gasteiger partial charge in [-0.05, 0) is 18.2 Å². The number of carboxylic acids is 1. The van der Waals surface area contributed by atoms with Crippen LogP contribution in [0, 0.1) is 0 Å². The molecule has 0 saturated carbocycles. The summed E-state index contributed by atoms with van der Waals surface area (Å²) in [6.07, 6.45) is -0.315. The van der Waals surface area contributed by atoms with Crippen LogP contribution in [0.5, 0.6) is 0 Å². The van der Waals surface area contributed by atoms with E-state index < -0.39 is 22.7 Å². The van der Waals surface area contributed by atoms with Crippen molar-refractivity contribution in [2.75, 3.05) is 26.4 Å². The number of alkyl halides is 1. The third-order valence-electron chi connectivity index (χ3n) is 3.05. The van der Waals surface area contributed by atoms with E-state index in [1.807, 2.05) is 0 Å². The van der Waals surface area contributed by atoms with E-state index in [2.05, 4.69) is 0 Å². The summed E-state index contributed by atoms with van der Waals surface area (Å²) in [6, 6.07) is 3.45. The van der Waals surface area contributed by atoms with Gasteiger partial charge in [-0.1, -0.05) is 11.6 Å². The lowest BCUT2D eigenvalue weighted by molar-refractivity contribution is -0.0243. The second kappa shape index (κ2) is 6.27. The van der Waals surface area contributed by atoms with E-state index in [1.54, 1.807) is 0 Å². The molecule has 1 aliphatic rings. The fraction of sp³-hybridized carbons (Fsp3) is 0.417. The molecule has 1 heterocycles. The van der Waals surface area contributed by atoms with Crippen LogP contribution in [0.25, 0.3) is 0 Å². The molecule has 0 bridgehead atoms. The minimum absolute atomic E-state index is 0.0578. The number of ether oxygens (including phenoxy) is 1. The van der Waals surface area contributed by atoms with Gasteiger partial charge in [0.05, 0.1) is 28.2 Å². The molecule has 1 fully saturated rings. The highest BCUT2D eigenvalue weighted by Gasteiger charge is 2.37. The summed E-state index contributed by atoms with van der Waals surface area (Å²) in [5, 5.41) is 8.71. The molecule has 0 unspecified atom stereocenters. The van der Waals surface area contributed by atoms with Crippen molar-refractivity contribution in [3.63, 3.8) is 0 Å². The highest BCUT2D eigenvalue weighted by atomic mass is 35.5. The average molecular weight is 338 g/mol. The molecule has 1 aromatic rings. The highest BCUT2D eigenvalue weighted by molar-refractivity contribution is 7.89. The number of hydrogen-bond donors (Lipinski definition) is 1. The molecule has 0 amide bonds. The van der Waals surface area contributed by atoms with Crippen LogP contribution in [0.2, 0.25) is 5.02 Å². The molecule has 6 nitrogen and oxygen atoms in total. The number of nitrogens with zero attached hydrogens (tertiary/aromatic N) is 1. The van der Waals surface area contributed by atoms with Crippen LogP contribution in [-0.2, 0) is 14.8 Å². The molecule has 1 aromatic carbocycles. The molecular formula is C12H13ClFNO5S. The maximum Gasteiger partial charge on any atom is 0.337 e. The third kappa shape index (κ3) is 3.34. The number of benzene rings is 1. The van der Waals surface area contributed by atoms with Crippen LogP contribution in [0.3, 0.4) is 0 Å². The topological polar surface area (TPSA) is 83.9 Å². The molecule has 0 aliphatic carbocycles. The Kier molecular flexibility index (Phi) is 4.82. The molecule has 2 rings (SSSR count). The van der Waals surface area contributed by atoms with Crippen molar-refractivity contribution in [3.8, 4) is 0 Å². The average Bonchev–Trinajstić information content (AvgIpc) is 2.36. The van der Waals surface area contributed by atoms with E-state index in [1.165, 1.54) is 10.4 Å². The number of carboxylic acid groups (broad SMARTS) is 1. The summed E-state index contributed by atoms with van der Waals surface area (Å²) in [7, 11) is -3.74. The second-order valence-corrected chi connectivity index (χ2v) is 6.80. The van der Waals surface area contributed by atoms with Crippen LogP contribution >= 0.6 is 11.6 Å². The van der Waals surface area contributed by atoms with E-state index >= 15 is 0 Å². The molecule has 21 heavy (non-hydrogen) atoms. The summed E-state index contributed by atoms with van der Waals surface area (Å²) in [4.78, 5) is 10.8. The smallest absolute Gasteiger partial charge is 0.337 e. The third-order valence-corrected chi connectivity index (χ3v) is 5.19. The number of carbonyl (C=O) groups is 1. The number of sulfonamides is 1. The van der Waals surface area contributed by atoms with Crippen molar-refractivity contribution in [1.82, 2.24) is 4.31 Å². The second-order valence-electron chi connectivity index (χ2n) is 4.45. The molecule has 0 radical (unpaired) electrons. The lowest BCUT2D eigenvalue weighted by atomic mass is 10.2. The Labute approximate surface area is 126 Å². The largest absolute Gasteiger partial charge is 0.478 e. The van der Waals surface area contributed by atoms with Crippen LogP contribution < -0.4 is 0 Å². The number of aromatic carboxylic acids is 1. The number of halogens is 2. The van der Waals surface area contributed by atoms with Crippen molar-refractivity contribution < 1.29 is 27.4 Å². The monoisotopic (exact) mass is 337 g/mol. The van der Waals surface area contributed by atoms with E-state index in [0.29, 0.717) is 0 Å². The molecule has 1 saturated heterocycles. The molecule has 116 valence electrons. The fourth-order valence-corrected chi connectivity index (χ4v) is 3.75. The zero-order valence-corrected chi connectivity index (χ0v) is 12.4. The van der Waals surface area contributed by atoms with Gasteiger partial charge in [-0.3, -0.25) is 0 Å². The SMILES string of the molecule is O=C(O)c1ccc(S(=O)(=O)N2CC(OCCF)C2)cc1Cl. The fourth-order valence-electron chi connectivity index (χ4n) is 1.89. The van der Waals surface area contributed by atoms with Gasteiger partial charge in [0.2, 0.25) is 10.0 Å². The number of rotatable bonds is 6. The van der Waals surface area contributed by atoms with Gasteiger partial charge in [-0.2, -0.15) is 4.31 Å². The maximum absolute atomic E-state index is 12.3. The van der Waals surface area contributed by atoms with Gasteiger partial charge in [0.1, 0.15) is 6.67 Å². The lowest BCUT2D eigenvalue weighted by Crippen LogP contribution is -2.54. The first kappa shape index (κ1) is 16.2. The molecule has 0 atom stereocenters. The minimum atomic E-state index is -3.74. The normalized spacial score (nSPS) is 16.7. The van der Waals surface area contributed by atoms with Crippen LogP contribution in [0.1, 0.15) is 10.4 Å². The van der Waals surface area contributed by atoms with Crippen LogP contribution in [0.15, 0.2) is 23.1 Å². The molecule has 9 heteroatoms.